The Morgan fingerprint density at radius 2 is 1.66 bits per heavy atom. The first-order valence-corrected chi connectivity index (χ1v) is 10.7. The van der Waals surface area contributed by atoms with Crippen molar-refractivity contribution in [3.63, 3.8) is 0 Å². The van der Waals surface area contributed by atoms with E-state index in [-0.39, 0.29) is 21.8 Å². The van der Waals surface area contributed by atoms with Crippen LogP contribution in [0.15, 0.2) is 71.6 Å². The number of nitrogens with one attached hydrogen (secondary N) is 2. The van der Waals surface area contributed by atoms with Crippen molar-refractivity contribution >= 4 is 33.3 Å². The van der Waals surface area contributed by atoms with Crippen LogP contribution in [-0.2, 0) is 19.6 Å². The van der Waals surface area contributed by atoms with E-state index in [0.29, 0.717) is 5.56 Å². The molecule has 0 aliphatic carbocycles. The maximum Gasteiger partial charge on any atom is 0.340 e. The summed E-state index contributed by atoms with van der Waals surface area (Å²) in [4.78, 5) is 24.3. The second kappa shape index (κ2) is 9.56. The molecule has 0 aromatic heterocycles. The van der Waals surface area contributed by atoms with Gasteiger partial charge in [-0.1, -0.05) is 18.2 Å². The SMILES string of the molecule is Cc1ccc(NC(=O)COC(=O)c2ccccc2NS(=O)(=O)c2ccc(F)cc2)cc1F. The molecule has 7 nitrogen and oxygen atoms in total. The number of aryl methyl sites for hydroxylation is 1. The Morgan fingerprint density at radius 3 is 2.34 bits per heavy atom. The van der Waals surface area contributed by atoms with E-state index in [9.17, 15) is 26.8 Å². The molecule has 0 atom stereocenters. The number of rotatable bonds is 7. The fraction of sp³-hybridized carbons (Fsp3) is 0.0909. The maximum atomic E-state index is 13.6. The molecule has 0 unspecified atom stereocenters. The molecule has 3 aromatic rings. The fourth-order valence-electron chi connectivity index (χ4n) is 2.64. The van der Waals surface area contributed by atoms with Gasteiger partial charge in [-0.05, 0) is 61.0 Å². The van der Waals surface area contributed by atoms with Crippen LogP contribution < -0.4 is 10.0 Å². The second-order valence-corrected chi connectivity index (χ2v) is 8.38. The molecule has 0 heterocycles. The summed E-state index contributed by atoms with van der Waals surface area (Å²) < 4.78 is 58.9. The fourth-order valence-corrected chi connectivity index (χ4v) is 3.72. The van der Waals surface area contributed by atoms with Gasteiger partial charge in [-0.25, -0.2) is 22.0 Å². The lowest BCUT2D eigenvalue weighted by atomic mass is 10.2. The van der Waals surface area contributed by atoms with Crippen molar-refractivity contribution in [1.82, 2.24) is 0 Å². The average molecular weight is 460 g/mol. The number of carbonyl (C=O) groups is 2. The van der Waals surface area contributed by atoms with Gasteiger partial charge in [0.15, 0.2) is 6.61 Å². The monoisotopic (exact) mass is 460 g/mol. The van der Waals surface area contributed by atoms with Gasteiger partial charge < -0.3 is 10.1 Å². The predicted molar refractivity (Wildman–Crippen MR) is 114 cm³/mol. The number of carbonyl (C=O) groups excluding carboxylic acids is 2. The molecule has 32 heavy (non-hydrogen) atoms. The lowest BCUT2D eigenvalue weighted by Crippen LogP contribution is -2.22. The van der Waals surface area contributed by atoms with E-state index < -0.39 is 40.1 Å². The number of anilines is 2. The molecule has 1 amide bonds. The smallest absolute Gasteiger partial charge is 0.340 e. The average Bonchev–Trinajstić information content (AvgIpc) is 2.75. The van der Waals surface area contributed by atoms with Crippen molar-refractivity contribution in [3.05, 3.63) is 89.5 Å². The van der Waals surface area contributed by atoms with Crippen molar-refractivity contribution in [2.75, 3.05) is 16.6 Å². The molecule has 0 saturated carbocycles. The van der Waals surface area contributed by atoms with Crippen molar-refractivity contribution in [3.8, 4) is 0 Å². The van der Waals surface area contributed by atoms with Gasteiger partial charge in [0.2, 0.25) is 0 Å². The summed E-state index contributed by atoms with van der Waals surface area (Å²) in [5, 5.41) is 2.40. The van der Waals surface area contributed by atoms with Crippen LogP contribution in [0.4, 0.5) is 20.2 Å². The minimum atomic E-state index is -4.10. The molecule has 2 N–H and O–H groups in total. The Morgan fingerprint density at radius 1 is 0.969 bits per heavy atom. The van der Waals surface area contributed by atoms with E-state index in [4.69, 9.17) is 4.74 Å². The number of halogens is 2. The second-order valence-electron chi connectivity index (χ2n) is 6.69. The molecule has 0 spiro atoms. The van der Waals surface area contributed by atoms with Crippen LogP contribution in [0.1, 0.15) is 15.9 Å². The summed E-state index contributed by atoms with van der Waals surface area (Å²) in [6.45, 7) is 0.901. The highest BCUT2D eigenvalue weighted by atomic mass is 32.2. The van der Waals surface area contributed by atoms with Gasteiger partial charge in [-0.3, -0.25) is 9.52 Å². The highest BCUT2D eigenvalue weighted by molar-refractivity contribution is 7.92. The molecule has 3 aromatic carbocycles. The quantitative estimate of drug-likeness (QED) is 0.522. The van der Waals surface area contributed by atoms with Crippen LogP contribution in [0.25, 0.3) is 0 Å². The molecular formula is C22H18F2N2O5S. The van der Waals surface area contributed by atoms with Crippen LogP contribution in [0.3, 0.4) is 0 Å². The Labute approximate surface area is 183 Å². The number of benzene rings is 3. The van der Waals surface area contributed by atoms with Crippen LogP contribution >= 0.6 is 0 Å². The summed E-state index contributed by atoms with van der Waals surface area (Å²) >= 11 is 0. The molecule has 0 aliphatic rings. The third-order valence-corrected chi connectivity index (χ3v) is 5.69. The molecule has 0 bridgehead atoms. The first kappa shape index (κ1) is 22.9. The van der Waals surface area contributed by atoms with Gasteiger partial charge >= 0.3 is 5.97 Å². The largest absolute Gasteiger partial charge is 0.452 e. The van der Waals surface area contributed by atoms with E-state index in [1.165, 1.54) is 36.4 Å². The van der Waals surface area contributed by atoms with Crippen molar-refractivity contribution in [1.29, 1.82) is 0 Å². The third-order valence-electron chi connectivity index (χ3n) is 4.31. The Balaban J connectivity index is 1.68. The number of hydrogen-bond donors (Lipinski definition) is 2. The lowest BCUT2D eigenvalue weighted by Gasteiger charge is -2.12. The Kier molecular flexibility index (Phi) is 6.84. The van der Waals surface area contributed by atoms with Gasteiger partial charge in [-0.15, -0.1) is 0 Å². The van der Waals surface area contributed by atoms with Crippen molar-refractivity contribution in [2.45, 2.75) is 11.8 Å². The highest BCUT2D eigenvalue weighted by Gasteiger charge is 2.20. The lowest BCUT2D eigenvalue weighted by molar-refractivity contribution is -0.119. The van der Waals surface area contributed by atoms with E-state index in [1.54, 1.807) is 6.92 Å². The van der Waals surface area contributed by atoms with Crippen molar-refractivity contribution in [2.24, 2.45) is 0 Å². The number of sulfonamides is 1. The summed E-state index contributed by atoms with van der Waals surface area (Å²) in [5.74, 6) is -2.75. The summed E-state index contributed by atoms with van der Waals surface area (Å²) in [5.41, 5.74) is 0.394. The number of hydrogen-bond acceptors (Lipinski definition) is 5. The van der Waals surface area contributed by atoms with E-state index in [0.717, 1.165) is 30.3 Å². The molecule has 3 rings (SSSR count). The maximum absolute atomic E-state index is 13.6. The third kappa shape index (κ3) is 5.67. The van der Waals surface area contributed by atoms with Crippen LogP contribution in [-0.4, -0.2) is 26.9 Å². The topological polar surface area (TPSA) is 102 Å². The Hall–Kier alpha value is -3.79. The van der Waals surface area contributed by atoms with E-state index in [1.807, 2.05) is 0 Å². The zero-order chi connectivity index (χ0) is 23.3. The first-order chi connectivity index (χ1) is 15.2. The standard InChI is InChI=1S/C22H18F2N2O5S/c1-14-6-9-16(12-19(14)24)25-21(27)13-31-22(28)18-4-2-3-5-20(18)26-32(29,30)17-10-7-15(23)8-11-17/h2-12,26H,13H2,1H3,(H,25,27). The summed E-state index contributed by atoms with van der Waals surface area (Å²) in [6, 6.07) is 13.9. The minimum absolute atomic E-state index is 0.0807. The molecule has 10 heteroatoms. The van der Waals surface area contributed by atoms with Gasteiger partial charge in [0.05, 0.1) is 16.1 Å². The van der Waals surface area contributed by atoms with Gasteiger partial charge in [0.25, 0.3) is 15.9 Å². The van der Waals surface area contributed by atoms with E-state index in [2.05, 4.69) is 10.0 Å². The normalized spacial score (nSPS) is 11.0. The van der Waals surface area contributed by atoms with Crippen LogP contribution in [0.5, 0.6) is 0 Å². The predicted octanol–water partition coefficient (Wildman–Crippen LogP) is 3.87. The molecule has 0 saturated heterocycles. The molecular weight excluding hydrogens is 442 g/mol. The first-order valence-electron chi connectivity index (χ1n) is 9.26. The van der Waals surface area contributed by atoms with Crippen LogP contribution in [0, 0.1) is 18.6 Å². The number of ether oxygens (including phenoxy) is 1. The van der Waals surface area contributed by atoms with Crippen LogP contribution in [0.2, 0.25) is 0 Å². The Bertz CT molecular complexity index is 1260. The molecule has 0 radical (unpaired) electrons. The number of amides is 1. The molecule has 166 valence electrons. The molecule has 0 fully saturated rings. The van der Waals surface area contributed by atoms with Gasteiger partial charge in [0, 0.05) is 5.69 Å². The number of esters is 1. The van der Waals surface area contributed by atoms with Crippen molar-refractivity contribution < 1.29 is 31.5 Å². The summed E-state index contributed by atoms with van der Waals surface area (Å²) in [7, 11) is -4.10. The summed E-state index contributed by atoms with van der Waals surface area (Å²) in [6.07, 6.45) is 0. The van der Waals surface area contributed by atoms with Gasteiger partial charge in [0.1, 0.15) is 11.6 Å². The van der Waals surface area contributed by atoms with Gasteiger partial charge in [-0.2, -0.15) is 0 Å². The number of para-hydroxylation sites is 1. The van der Waals surface area contributed by atoms with E-state index >= 15 is 0 Å². The highest BCUT2D eigenvalue weighted by Crippen LogP contribution is 2.21. The zero-order valence-corrected chi connectivity index (χ0v) is 17.6. The minimum Gasteiger partial charge on any atom is -0.452 e. The molecule has 0 aliphatic heterocycles. The zero-order valence-electron chi connectivity index (χ0n) is 16.8.